The largest absolute Gasteiger partial charge is 0.380 e. The van der Waals surface area contributed by atoms with Gasteiger partial charge in [0.05, 0.1) is 6.61 Å². The molecule has 102 valence electrons. The lowest BCUT2D eigenvalue weighted by atomic mass is 9.96. The highest BCUT2D eigenvalue weighted by Gasteiger charge is 2.12. The zero-order chi connectivity index (χ0) is 13.7. The van der Waals surface area contributed by atoms with Gasteiger partial charge in [0, 0.05) is 18.7 Å². The van der Waals surface area contributed by atoms with Gasteiger partial charge < -0.3 is 10.1 Å². The molecule has 2 nitrogen and oxygen atoms in total. The van der Waals surface area contributed by atoms with Crippen molar-refractivity contribution in [2.24, 2.45) is 0 Å². The van der Waals surface area contributed by atoms with Crippen molar-refractivity contribution in [3.8, 4) is 0 Å². The summed E-state index contributed by atoms with van der Waals surface area (Å²) in [4.78, 5) is 0. The third-order valence-corrected chi connectivity index (χ3v) is 3.46. The van der Waals surface area contributed by atoms with Gasteiger partial charge >= 0.3 is 0 Å². The van der Waals surface area contributed by atoms with Gasteiger partial charge in [0.25, 0.3) is 0 Å². The number of hydrogen-bond donors (Lipinski definition) is 1. The predicted octanol–water partition coefficient (Wildman–Crippen LogP) is 3.69. The molecule has 1 aromatic carbocycles. The minimum Gasteiger partial charge on any atom is -0.380 e. The lowest BCUT2D eigenvalue weighted by Crippen LogP contribution is -2.33. The van der Waals surface area contributed by atoms with Gasteiger partial charge in [-0.05, 0) is 63.8 Å². The predicted molar refractivity (Wildman–Crippen MR) is 78.2 cm³/mol. The molecule has 0 amide bonds. The van der Waals surface area contributed by atoms with E-state index in [1.54, 1.807) is 0 Å². The third-order valence-electron chi connectivity index (χ3n) is 3.46. The quantitative estimate of drug-likeness (QED) is 0.830. The molecule has 1 rings (SSSR count). The van der Waals surface area contributed by atoms with Gasteiger partial charge in [-0.15, -0.1) is 0 Å². The van der Waals surface area contributed by atoms with Crippen molar-refractivity contribution in [1.29, 1.82) is 0 Å². The Morgan fingerprint density at radius 2 is 1.67 bits per heavy atom. The van der Waals surface area contributed by atoms with Crippen LogP contribution in [-0.4, -0.2) is 19.3 Å². The van der Waals surface area contributed by atoms with Gasteiger partial charge in [0.1, 0.15) is 0 Å². The summed E-state index contributed by atoms with van der Waals surface area (Å²) in [5.41, 5.74) is 5.48. The summed E-state index contributed by atoms with van der Waals surface area (Å²) in [5, 5.41) is 3.59. The van der Waals surface area contributed by atoms with E-state index in [-0.39, 0.29) is 0 Å². The summed E-state index contributed by atoms with van der Waals surface area (Å²) in [6, 6.07) is 5.31. The second kappa shape index (κ2) is 6.91. The fourth-order valence-corrected chi connectivity index (χ4v) is 2.31. The van der Waals surface area contributed by atoms with E-state index in [0.29, 0.717) is 12.1 Å². The van der Waals surface area contributed by atoms with Crippen LogP contribution < -0.4 is 5.32 Å². The molecular weight excluding hydrogens is 222 g/mol. The van der Waals surface area contributed by atoms with Crippen LogP contribution in [0.1, 0.15) is 49.1 Å². The topological polar surface area (TPSA) is 21.3 Å². The van der Waals surface area contributed by atoms with E-state index in [1.807, 2.05) is 6.92 Å². The monoisotopic (exact) mass is 249 g/mol. The maximum atomic E-state index is 5.44. The molecular formula is C16H27NO. The third kappa shape index (κ3) is 4.11. The fourth-order valence-electron chi connectivity index (χ4n) is 2.31. The first-order chi connectivity index (χ1) is 8.45. The normalized spacial score (nSPS) is 14.6. The molecule has 0 aliphatic carbocycles. The van der Waals surface area contributed by atoms with Crippen LogP contribution in [0.2, 0.25) is 0 Å². The number of ether oxygens (including phenoxy) is 1. The Kier molecular flexibility index (Phi) is 5.83. The van der Waals surface area contributed by atoms with Crippen LogP contribution in [0.25, 0.3) is 0 Å². The molecule has 0 bridgehead atoms. The van der Waals surface area contributed by atoms with E-state index < -0.39 is 0 Å². The molecule has 2 heteroatoms. The van der Waals surface area contributed by atoms with Crippen LogP contribution in [0.15, 0.2) is 12.1 Å². The van der Waals surface area contributed by atoms with Crippen molar-refractivity contribution >= 4 is 0 Å². The Balaban J connectivity index is 2.72. The molecule has 2 unspecified atom stereocenters. The molecule has 0 heterocycles. The number of aryl methyl sites for hydroxylation is 3. The zero-order valence-electron chi connectivity index (χ0n) is 12.6. The first-order valence-corrected chi connectivity index (χ1v) is 6.87. The average molecular weight is 249 g/mol. The first kappa shape index (κ1) is 15.2. The molecule has 0 aliphatic heterocycles. The van der Waals surface area contributed by atoms with Gasteiger partial charge in [-0.2, -0.15) is 0 Å². The van der Waals surface area contributed by atoms with Crippen LogP contribution in [0, 0.1) is 20.8 Å². The van der Waals surface area contributed by atoms with Crippen molar-refractivity contribution in [2.75, 3.05) is 13.2 Å². The van der Waals surface area contributed by atoms with Crippen LogP contribution in [0.5, 0.6) is 0 Å². The Bertz CT molecular complexity index is 387. The molecule has 18 heavy (non-hydrogen) atoms. The van der Waals surface area contributed by atoms with Gasteiger partial charge in [-0.25, -0.2) is 0 Å². The van der Waals surface area contributed by atoms with Gasteiger partial charge in [0.2, 0.25) is 0 Å². The molecule has 1 aromatic rings. The lowest BCUT2D eigenvalue weighted by molar-refractivity contribution is 0.124. The Hall–Kier alpha value is -0.860. The van der Waals surface area contributed by atoms with E-state index >= 15 is 0 Å². The SMILES string of the molecule is CCOCC(C)NC(C)c1cc(C)c(C)cc1C. The summed E-state index contributed by atoms with van der Waals surface area (Å²) >= 11 is 0. The van der Waals surface area contributed by atoms with Crippen molar-refractivity contribution in [1.82, 2.24) is 5.32 Å². The van der Waals surface area contributed by atoms with E-state index in [9.17, 15) is 0 Å². The highest BCUT2D eigenvalue weighted by molar-refractivity contribution is 5.38. The standard InChI is InChI=1S/C16H27NO/c1-7-18-10-14(5)17-15(6)16-9-12(3)11(2)8-13(16)4/h8-9,14-15,17H,7,10H2,1-6H3. The summed E-state index contributed by atoms with van der Waals surface area (Å²) in [6.45, 7) is 14.5. The molecule has 0 saturated heterocycles. The second-order valence-corrected chi connectivity index (χ2v) is 5.24. The highest BCUT2D eigenvalue weighted by atomic mass is 16.5. The summed E-state index contributed by atoms with van der Waals surface area (Å²) < 4.78 is 5.44. The minimum absolute atomic E-state index is 0.361. The number of nitrogens with one attached hydrogen (secondary N) is 1. The molecule has 0 radical (unpaired) electrons. The van der Waals surface area contributed by atoms with Crippen molar-refractivity contribution in [3.05, 3.63) is 34.4 Å². The molecule has 0 aliphatic rings. The van der Waals surface area contributed by atoms with E-state index in [1.165, 1.54) is 22.3 Å². The Morgan fingerprint density at radius 1 is 1.06 bits per heavy atom. The number of benzene rings is 1. The Morgan fingerprint density at radius 3 is 2.28 bits per heavy atom. The molecule has 0 spiro atoms. The first-order valence-electron chi connectivity index (χ1n) is 6.87. The van der Waals surface area contributed by atoms with E-state index in [2.05, 4.69) is 52.1 Å². The maximum Gasteiger partial charge on any atom is 0.0616 e. The molecule has 2 atom stereocenters. The molecule has 1 N–H and O–H groups in total. The second-order valence-electron chi connectivity index (χ2n) is 5.24. The summed E-state index contributed by atoms with van der Waals surface area (Å²) in [7, 11) is 0. The van der Waals surface area contributed by atoms with Gasteiger partial charge in [0.15, 0.2) is 0 Å². The molecule has 0 aromatic heterocycles. The van der Waals surface area contributed by atoms with E-state index in [0.717, 1.165) is 13.2 Å². The Labute approximate surface area is 112 Å². The lowest BCUT2D eigenvalue weighted by Gasteiger charge is -2.22. The fraction of sp³-hybridized carbons (Fsp3) is 0.625. The van der Waals surface area contributed by atoms with Crippen LogP contribution >= 0.6 is 0 Å². The van der Waals surface area contributed by atoms with Gasteiger partial charge in [-0.3, -0.25) is 0 Å². The van der Waals surface area contributed by atoms with Crippen molar-refractivity contribution in [3.63, 3.8) is 0 Å². The maximum absolute atomic E-state index is 5.44. The van der Waals surface area contributed by atoms with Crippen LogP contribution in [0.3, 0.4) is 0 Å². The highest BCUT2D eigenvalue weighted by Crippen LogP contribution is 2.21. The van der Waals surface area contributed by atoms with Gasteiger partial charge in [-0.1, -0.05) is 12.1 Å². The number of hydrogen-bond acceptors (Lipinski definition) is 2. The zero-order valence-corrected chi connectivity index (χ0v) is 12.6. The summed E-state index contributed by atoms with van der Waals surface area (Å²) in [6.07, 6.45) is 0. The van der Waals surface area contributed by atoms with Crippen LogP contribution in [0.4, 0.5) is 0 Å². The van der Waals surface area contributed by atoms with Crippen molar-refractivity contribution < 1.29 is 4.74 Å². The number of rotatable bonds is 6. The molecule has 0 saturated carbocycles. The minimum atomic E-state index is 0.361. The smallest absolute Gasteiger partial charge is 0.0616 e. The van der Waals surface area contributed by atoms with Crippen molar-refractivity contribution in [2.45, 2.75) is 53.6 Å². The summed E-state index contributed by atoms with van der Waals surface area (Å²) in [5.74, 6) is 0. The molecule has 0 fully saturated rings. The average Bonchev–Trinajstić information content (AvgIpc) is 2.31. The van der Waals surface area contributed by atoms with Crippen LogP contribution in [-0.2, 0) is 4.74 Å². The van der Waals surface area contributed by atoms with E-state index in [4.69, 9.17) is 4.74 Å².